The Morgan fingerprint density at radius 2 is 1.97 bits per heavy atom. The van der Waals surface area contributed by atoms with E-state index in [2.05, 4.69) is 30.5 Å². The number of morpholine rings is 1. The van der Waals surface area contributed by atoms with E-state index in [1.165, 1.54) is 12.3 Å². The highest BCUT2D eigenvalue weighted by Gasteiger charge is 2.20. The van der Waals surface area contributed by atoms with E-state index in [9.17, 15) is 13.2 Å². The zero-order valence-electron chi connectivity index (χ0n) is 18.5. The van der Waals surface area contributed by atoms with Crippen molar-refractivity contribution in [2.45, 2.75) is 19.5 Å². The molecule has 35 heavy (non-hydrogen) atoms. The molecule has 0 unspecified atom stereocenters. The predicted molar refractivity (Wildman–Crippen MR) is 121 cm³/mol. The summed E-state index contributed by atoms with van der Waals surface area (Å²) in [6.07, 6.45) is 0.172. The molecule has 0 spiro atoms. The van der Waals surface area contributed by atoms with Crippen LogP contribution in [0.2, 0.25) is 0 Å². The standard InChI is InChI=1S/C23H20F3N7O2/c1-13-12-33(8-9-34-13)19-5-3-15(10-16(19)24)29-23-27-7-6-18(30-23)17-4-2-14(11-28-17)21-31-32-22(35-21)20(25)26/h2-7,10-11,13,20H,8-9,12H2,1H3,(H,27,29,30)/t13-/m1/s1. The molecule has 0 amide bonds. The lowest BCUT2D eigenvalue weighted by Gasteiger charge is -2.33. The third-order valence-corrected chi connectivity index (χ3v) is 5.34. The van der Waals surface area contributed by atoms with Gasteiger partial charge in [-0.05, 0) is 43.3 Å². The molecular weight excluding hydrogens is 463 g/mol. The predicted octanol–water partition coefficient (Wildman–Crippen LogP) is 4.63. The van der Waals surface area contributed by atoms with Gasteiger partial charge in [0, 0.05) is 31.2 Å². The van der Waals surface area contributed by atoms with E-state index < -0.39 is 12.3 Å². The number of hydrogen-bond donors (Lipinski definition) is 1. The Hall–Kier alpha value is -4.06. The molecule has 12 heteroatoms. The van der Waals surface area contributed by atoms with Crippen LogP contribution in [0.25, 0.3) is 22.8 Å². The monoisotopic (exact) mass is 483 g/mol. The van der Waals surface area contributed by atoms with Crippen LogP contribution in [-0.2, 0) is 4.74 Å². The van der Waals surface area contributed by atoms with Crippen molar-refractivity contribution in [2.75, 3.05) is 29.9 Å². The Labute approximate surface area is 198 Å². The Morgan fingerprint density at radius 1 is 1.09 bits per heavy atom. The van der Waals surface area contributed by atoms with Crippen molar-refractivity contribution in [3.8, 4) is 22.8 Å². The Morgan fingerprint density at radius 3 is 2.69 bits per heavy atom. The van der Waals surface area contributed by atoms with Crippen molar-refractivity contribution in [3.05, 3.63) is 60.5 Å². The van der Waals surface area contributed by atoms with Gasteiger partial charge in [0.1, 0.15) is 5.82 Å². The first-order chi connectivity index (χ1) is 17.0. The zero-order chi connectivity index (χ0) is 24.4. The third kappa shape index (κ3) is 5.06. The molecule has 1 N–H and O–H groups in total. The number of aromatic nitrogens is 5. The van der Waals surface area contributed by atoms with E-state index in [0.29, 0.717) is 48.0 Å². The lowest BCUT2D eigenvalue weighted by molar-refractivity contribution is 0.0530. The summed E-state index contributed by atoms with van der Waals surface area (Å²) < 4.78 is 50.6. The van der Waals surface area contributed by atoms with Gasteiger partial charge in [0.25, 0.3) is 5.89 Å². The van der Waals surface area contributed by atoms with Gasteiger partial charge in [-0.25, -0.2) is 14.4 Å². The van der Waals surface area contributed by atoms with Gasteiger partial charge in [0.15, 0.2) is 0 Å². The number of ether oxygens (including phenoxy) is 1. The minimum Gasteiger partial charge on any atom is -0.415 e. The van der Waals surface area contributed by atoms with Crippen molar-refractivity contribution in [3.63, 3.8) is 0 Å². The zero-order valence-corrected chi connectivity index (χ0v) is 18.5. The summed E-state index contributed by atoms with van der Waals surface area (Å²) in [4.78, 5) is 14.9. The van der Waals surface area contributed by atoms with Crippen molar-refractivity contribution in [1.82, 2.24) is 25.1 Å². The van der Waals surface area contributed by atoms with Gasteiger partial charge >= 0.3 is 6.43 Å². The number of alkyl halides is 2. The number of nitrogens with zero attached hydrogens (tertiary/aromatic N) is 6. The number of nitrogens with one attached hydrogen (secondary N) is 1. The quantitative estimate of drug-likeness (QED) is 0.420. The first-order valence-corrected chi connectivity index (χ1v) is 10.8. The summed E-state index contributed by atoms with van der Waals surface area (Å²) >= 11 is 0. The summed E-state index contributed by atoms with van der Waals surface area (Å²) in [5.74, 6) is -0.895. The van der Waals surface area contributed by atoms with Crippen LogP contribution >= 0.6 is 0 Å². The number of anilines is 3. The SMILES string of the molecule is C[C@@H]1CN(c2ccc(Nc3nccc(-c4ccc(-c5nnc(C(F)F)o5)cn4)n3)cc2F)CCO1. The molecule has 3 aromatic heterocycles. The van der Waals surface area contributed by atoms with Crippen LogP contribution < -0.4 is 10.2 Å². The highest BCUT2D eigenvalue weighted by Crippen LogP contribution is 2.27. The van der Waals surface area contributed by atoms with Gasteiger partial charge in [0.05, 0.1) is 35.3 Å². The van der Waals surface area contributed by atoms with E-state index in [1.807, 2.05) is 11.8 Å². The molecule has 180 valence electrons. The average molecular weight is 483 g/mol. The van der Waals surface area contributed by atoms with Gasteiger partial charge in [0.2, 0.25) is 11.8 Å². The maximum Gasteiger partial charge on any atom is 0.314 e. The molecule has 4 heterocycles. The summed E-state index contributed by atoms with van der Waals surface area (Å²) in [6, 6.07) is 9.80. The van der Waals surface area contributed by atoms with Gasteiger partial charge in [-0.15, -0.1) is 10.2 Å². The molecule has 0 radical (unpaired) electrons. The Bertz CT molecular complexity index is 1320. The van der Waals surface area contributed by atoms with Crippen molar-refractivity contribution < 1.29 is 22.3 Å². The molecule has 1 saturated heterocycles. The van der Waals surface area contributed by atoms with Crippen molar-refractivity contribution in [1.29, 1.82) is 0 Å². The van der Waals surface area contributed by atoms with Crippen molar-refractivity contribution in [2.24, 2.45) is 0 Å². The number of hydrogen-bond acceptors (Lipinski definition) is 9. The van der Waals surface area contributed by atoms with E-state index in [4.69, 9.17) is 9.15 Å². The van der Waals surface area contributed by atoms with Gasteiger partial charge < -0.3 is 19.4 Å². The topological polar surface area (TPSA) is 102 Å². The molecule has 1 atom stereocenters. The summed E-state index contributed by atoms with van der Waals surface area (Å²) in [7, 11) is 0. The van der Waals surface area contributed by atoms with Crippen LogP contribution in [0.3, 0.4) is 0 Å². The fraction of sp³-hybridized carbons (Fsp3) is 0.261. The number of rotatable bonds is 6. The van der Waals surface area contributed by atoms with Gasteiger partial charge in [-0.2, -0.15) is 8.78 Å². The fourth-order valence-electron chi connectivity index (χ4n) is 3.68. The largest absolute Gasteiger partial charge is 0.415 e. The number of halogens is 3. The maximum atomic E-state index is 14.8. The molecule has 1 aliphatic rings. The molecule has 1 aromatic carbocycles. The normalized spacial score (nSPS) is 16.0. The van der Waals surface area contributed by atoms with Gasteiger partial charge in [-0.3, -0.25) is 4.98 Å². The fourth-order valence-corrected chi connectivity index (χ4v) is 3.68. The van der Waals surface area contributed by atoms with Crippen LogP contribution in [0.4, 0.5) is 30.5 Å². The van der Waals surface area contributed by atoms with E-state index in [-0.39, 0.29) is 23.8 Å². The first-order valence-electron chi connectivity index (χ1n) is 10.8. The molecule has 9 nitrogen and oxygen atoms in total. The van der Waals surface area contributed by atoms with Crippen LogP contribution in [0.5, 0.6) is 0 Å². The first kappa shape index (κ1) is 22.7. The molecular formula is C23H20F3N7O2. The average Bonchev–Trinajstić information content (AvgIpc) is 3.35. The Kier molecular flexibility index (Phi) is 6.27. The molecule has 0 saturated carbocycles. The van der Waals surface area contributed by atoms with Crippen LogP contribution in [0, 0.1) is 5.82 Å². The smallest absolute Gasteiger partial charge is 0.314 e. The minimum absolute atomic E-state index is 0.0434. The van der Waals surface area contributed by atoms with Gasteiger partial charge in [-0.1, -0.05) is 0 Å². The highest BCUT2D eigenvalue weighted by atomic mass is 19.3. The maximum absolute atomic E-state index is 14.8. The van der Waals surface area contributed by atoms with E-state index >= 15 is 0 Å². The molecule has 5 rings (SSSR count). The second kappa shape index (κ2) is 9.66. The van der Waals surface area contributed by atoms with E-state index in [1.54, 1.807) is 36.5 Å². The number of benzene rings is 1. The second-order valence-electron chi connectivity index (χ2n) is 7.86. The minimum atomic E-state index is -2.84. The Balaban J connectivity index is 1.30. The number of pyridine rings is 1. The summed E-state index contributed by atoms with van der Waals surface area (Å²) in [6.45, 7) is 3.77. The van der Waals surface area contributed by atoms with Crippen molar-refractivity contribution >= 4 is 17.3 Å². The van der Waals surface area contributed by atoms with Crippen LogP contribution in [0.1, 0.15) is 19.2 Å². The van der Waals surface area contributed by atoms with Crippen LogP contribution in [0.15, 0.2) is 53.2 Å². The molecule has 0 aliphatic carbocycles. The van der Waals surface area contributed by atoms with Crippen LogP contribution in [-0.4, -0.2) is 50.9 Å². The molecule has 0 bridgehead atoms. The summed E-state index contributed by atoms with van der Waals surface area (Å²) in [5.41, 5.74) is 2.43. The molecule has 4 aromatic rings. The lowest BCUT2D eigenvalue weighted by Crippen LogP contribution is -2.41. The summed E-state index contributed by atoms with van der Waals surface area (Å²) in [5, 5.41) is 9.92. The molecule has 1 fully saturated rings. The van der Waals surface area contributed by atoms with E-state index in [0.717, 1.165) is 0 Å². The third-order valence-electron chi connectivity index (χ3n) is 5.34. The highest BCUT2D eigenvalue weighted by molar-refractivity contribution is 5.63. The lowest BCUT2D eigenvalue weighted by atomic mass is 10.2. The molecule has 1 aliphatic heterocycles. The second-order valence-corrected chi connectivity index (χ2v) is 7.86.